The number of carbonyl (C=O) groups excluding carboxylic acids is 2. The first-order valence-electron chi connectivity index (χ1n) is 17.3. The van der Waals surface area contributed by atoms with Crippen LogP contribution in [0.4, 0.5) is 11.4 Å². The Bertz CT molecular complexity index is 1520. The second kappa shape index (κ2) is 24.3. The number of benzene rings is 2. The zero-order valence-corrected chi connectivity index (χ0v) is 30.3. The Hall–Kier alpha value is -4.82. The van der Waals surface area contributed by atoms with Crippen molar-refractivity contribution in [2.75, 3.05) is 74.7 Å². The van der Waals surface area contributed by atoms with Gasteiger partial charge in [-0.3, -0.25) is 0 Å². The van der Waals surface area contributed by atoms with Crippen LogP contribution in [0.25, 0.3) is 12.2 Å². The molecule has 2 aromatic carbocycles. The zero-order chi connectivity index (χ0) is 36.6. The van der Waals surface area contributed by atoms with Gasteiger partial charge in [-0.05, 0) is 86.3 Å². The highest BCUT2D eigenvalue weighted by atomic mass is 35.5. The van der Waals surface area contributed by atoms with E-state index in [-0.39, 0.29) is 24.4 Å². The number of nitriles is 3. The molecule has 10 nitrogen and oxygen atoms in total. The van der Waals surface area contributed by atoms with Gasteiger partial charge in [-0.1, -0.05) is 45.0 Å². The number of ether oxygens (including phenoxy) is 2. The van der Waals surface area contributed by atoms with E-state index in [0.29, 0.717) is 38.2 Å². The molecule has 0 saturated carbocycles. The van der Waals surface area contributed by atoms with Crippen LogP contribution in [0.1, 0.15) is 64.0 Å². The van der Waals surface area contributed by atoms with Crippen molar-refractivity contribution in [1.82, 2.24) is 4.90 Å². The molecule has 0 N–H and O–H groups in total. The fraction of sp³-hybridized carbons (Fsp3) is 0.462. The molecule has 50 heavy (non-hydrogen) atoms. The Labute approximate surface area is 302 Å². The standard InChI is InChI=1S/C39H49ClN6O4/c1-4-19-44(24-25-46(23-17-40)37-15-11-33(12-16-37)29-35(31-43)39(48)50-27-6-3)20-8-22-45(21-7-18-41)36-13-9-32(10-14-36)28-34(30-42)38(47)49-26-5-2/h9-16,28-29H,4-8,17,19-27H2,1-3H3. The van der Waals surface area contributed by atoms with Gasteiger partial charge in [-0.25, -0.2) is 9.59 Å². The number of halogens is 1. The third kappa shape index (κ3) is 14.7. The van der Waals surface area contributed by atoms with Gasteiger partial charge in [0.15, 0.2) is 0 Å². The Balaban J connectivity index is 2.06. The molecule has 2 aromatic rings. The van der Waals surface area contributed by atoms with Crippen molar-refractivity contribution in [3.63, 3.8) is 0 Å². The molecule has 0 saturated heterocycles. The van der Waals surface area contributed by atoms with Gasteiger partial charge in [0.25, 0.3) is 0 Å². The maximum atomic E-state index is 12.1. The molecule has 0 radical (unpaired) electrons. The quantitative estimate of drug-likeness (QED) is 0.0518. The number of hydrogen-bond donors (Lipinski definition) is 0. The van der Waals surface area contributed by atoms with Crippen LogP contribution in [-0.2, 0) is 19.1 Å². The molecule has 0 aliphatic carbocycles. The monoisotopic (exact) mass is 700 g/mol. The molecule has 0 amide bonds. The summed E-state index contributed by atoms with van der Waals surface area (Å²) in [6.07, 6.45) is 6.74. The van der Waals surface area contributed by atoms with Crippen molar-refractivity contribution >= 4 is 47.1 Å². The molecule has 0 bridgehead atoms. The molecular formula is C39H49ClN6O4. The normalized spacial score (nSPS) is 11.3. The molecule has 0 spiro atoms. The van der Waals surface area contributed by atoms with Crippen LogP contribution in [-0.4, -0.2) is 81.7 Å². The molecule has 0 aromatic heterocycles. The van der Waals surface area contributed by atoms with Gasteiger partial charge in [0.05, 0.1) is 25.7 Å². The van der Waals surface area contributed by atoms with Crippen molar-refractivity contribution in [3.8, 4) is 18.2 Å². The zero-order valence-electron chi connectivity index (χ0n) is 29.6. The Morgan fingerprint density at radius 3 is 1.58 bits per heavy atom. The van der Waals surface area contributed by atoms with Crippen LogP contribution in [0.3, 0.4) is 0 Å². The van der Waals surface area contributed by atoms with E-state index in [9.17, 15) is 25.4 Å². The van der Waals surface area contributed by atoms with E-state index >= 15 is 0 Å². The highest BCUT2D eigenvalue weighted by molar-refractivity contribution is 6.18. The topological polar surface area (TPSA) is 134 Å². The lowest BCUT2D eigenvalue weighted by atomic mass is 10.1. The van der Waals surface area contributed by atoms with Crippen molar-refractivity contribution in [2.45, 2.75) is 52.9 Å². The number of rotatable bonds is 23. The second-order valence-corrected chi connectivity index (χ2v) is 11.9. The van der Waals surface area contributed by atoms with E-state index in [1.165, 1.54) is 6.08 Å². The van der Waals surface area contributed by atoms with Gasteiger partial charge in [-0.2, -0.15) is 15.8 Å². The fourth-order valence-corrected chi connectivity index (χ4v) is 5.34. The number of anilines is 2. The van der Waals surface area contributed by atoms with Crippen molar-refractivity contribution in [1.29, 1.82) is 15.8 Å². The summed E-state index contributed by atoms with van der Waals surface area (Å²) in [5.41, 5.74) is 3.36. The average Bonchev–Trinajstić information content (AvgIpc) is 3.14. The van der Waals surface area contributed by atoms with Gasteiger partial charge < -0.3 is 24.2 Å². The highest BCUT2D eigenvalue weighted by Crippen LogP contribution is 2.20. The summed E-state index contributed by atoms with van der Waals surface area (Å²) in [6.45, 7) is 12.0. The van der Waals surface area contributed by atoms with Crippen LogP contribution in [0.5, 0.6) is 0 Å². The lowest BCUT2D eigenvalue weighted by Crippen LogP contribution is -2.38. The predicted molar refractivity (Wildman–Crippen MR) is 199 cm³/mol. The smallest absolute Gasteiger partial charge is 0.348 e. The summed E-state index contributed by atoms with van der Waals surface area (Å²) in [7, 11) is 0. The number of hydrogen-bond acceptors (Lipinski definition) is 10. The predicted octanol–water partition coefficient (Wildman–Crippen LogP) is 6.97. The molecule has 11 heteroatoms. The van der Waals surface area contributed by atoms with Crippen molar-refractivity contribution in [2.24, 2.45) is 0 Å². The maximum Gasteiger partial charge on any atom is 0.348 e. The Morgan fingerprint density at radius 1 is 0.660 bits per heavy atom. The molecule has 0 fully saturated rings. The Morgan fingerprint density at radius 2 is 1.16 bits per heavy atom. The summed E-state index contributed by atoms with van der Waals surface area (Å²) in [5, 5.41) is 28.1. The van der Waals surface area contributed by atoms with Crippen LogP contribution in [0.15, 0.2) is 59.7 Å². The van der Waals surface area contributed by atoms with Crippen LogP contribution in [0.2, 0.25) is 0 Å². The van der Waals surface area contributed by atoms with Crippen molar-refractivity contribution in [3.05, 3.63) is 70.8 Å². The highest BCUT2D eigenvalue weighted by Gasteiger charge is 2.14. The van der Waals surface area contributed by atoms with Gasteiger partial charge >= 0.3 is 11.9 Å². The van der Waals surface area contributed by atoms with Gasteiger partial charge in [0, 0.05) is 50.0 Å². The van der Waals surface area contributed by atoms with E-state index in [0.717, 1.165) is 68.1 Å². The van der Waals surface area contributed by atoms with E-state index < -0.39 is 11.9 Å². The molecule has 0 atom stereocenters. The first-order chi connectivity index (χ1) is 24.3. The van der Waals surface area contributed by atoms with E-state index in [1.54, 1.807) is 6.08 Å². The lowest BCUT2D eigenvalue weighted by molar-refractivity contribution is -0.139. The number of alkyl halides is 1. The molecule has 2 rings (SSSR count). The van der Waals surface area contributed by atoms with Gasteiger partial charge in [-0.15, -0.1) is 11.6 Å². The first-order valence-corrected chi connectivity index (χ1v) is 17.8. The van der Waals surface area contributed by atoms with Crippen LogP contribution < -0.4 is 9.80 Å². The summed E-state index contributed by atoms with van der Waals surface area (Å²) in [4.78, 5) is 31.2. The summed E-state index contributed by atoms with van der Waals surface area (Å²) in [6, 6.07) is 21.4. The van der Waals surface area contributed by atoms with Crippen molar-refractivity contribution < 1.29 is 19.1 Å². The van der Waals surface area contributed by atoms with E-state index in [1.807, 2.05) is 74.5 Å². The molecular weight excluding hydrogens is 652 g/mol. The third-order valence-corrected chi connectivity index (χ3v) is 7.84. The number of carbonyl (C=O) groups is 2. The summed E-state index contributed by atoms with van der Waals surface area (Å²) < 4.78 is 10.2. The maximum absolute atomic E-state index is 12.1. The first kappa shape index (κ1) is 41.4. The largest absolute Gasteiger partial charge is 0.462 e. The molecule has 266 valence electrons. The molecule has 0 aliphatic rings. The summed E-state index contributed by atoms with van der Waals surface area (Å²) in [5.74, 6) is -0.768. The third-order valence-electron chi connectivity index (χ3n) is 7.67. The van der Waals surface area contributed by atoms with E-state index in [4.69, 9.17) is 21.1 Å². The van der Waals surface area contributed by atoms with Crippen LogP contribution in [0, 0.1) is 34.0 Å². The van der Waals surface area contributed by atoms with Crippen LogP contribution >= 0.6 is 11.6 Å². The average molecular weight is 701 g/mol. The number of esters is 2. The van der Waals surface area contributed by atoms with Gasteiger partial charge in [0.1, 0.15) is 23.3 Å². The second-order valence-electron chi connectivity index (χ2n) is 11.6. The summed E-state index contributed by atoms with van der Waals surface area (Å²) >= 11 is 6.19. The Kier molecular flexibility index (Phi) is 20.1. The minimum absolute atomic E-state index is 0.0324. The minimum atomic E-state index is -0.625. The molecule has 0 heterocycles. The number of nitrogens with zero attached hydrogens (tertiary/aromatic N) is 6. The molecule has 0 aliphatic heterocycles. The molecule has 0 unspecified atom stereocenters. The lowest BCUT2D eigenvalue weighted by Gasteiger charge is -2.30. The fourth-order valence-electron chi connectivity index (χ4n) is 5.14. The SMILES string of the molecule is CCCOC(=O)C(C#N)=Cc1ccc(N(CCC#N)CCCN(CCC)CCN(CCCl)c2ccc(C=C(C#N)C(=O)OCCC)cc2)cc1. The van der Waals surface area contributed by atoms with E-state index in [2.05, 4.69) is 27.7 Å². The minimum Gasteiger partial charge on any atom is -0.462 e. The van der Waals surface area contributed by atoms with Gasteiger partial charge in [0.2, 0.25) is 0 Å².